The van der Waals surface area contributed by atoms with E-state index in [0.29, 0.717) is 29.5 Å². The molecule has 1 atom stereocenters. The Kier molecular flexibility index (Phi) is 4.93. The van der Waals surface area contributed by atoms with Gasteiger partial charge in [0.25, 0.3) is 0 Å². The SMILES string of the molecule is C=CC(=O)N1CCCC(n2cnc3c(N)nc(Nc4ccc(C5=C[N+](C)=C5)cc4)nc32)C1. The maximum atomic E-state index is 12.1. The molecule has 9 heteroatoms. The van der Waals surface area contributed by atoms with Crippen molar-refractivity contribution < 1.29 is 9.37 Å². The number of aromatic nitrogens is 4. The topological polar surface area (TPSA) is 105 Å². The van der Waals surface area contributed by atoms with Crippen LogP contribution in [0.15, 0.2) is 49.4 Å². The van der Waals surface area contributed by atoms with Crippen molar-refractivity contribution in [1.82, 2.24) is 24.4 Å². The maximum absolute atomic E-state index is 12.1. The molecule has 162 valence electrons. The first-order valence-electron chi connectivity index (χ1n) is 10.6. The number of benzene rings is 1. The number of nitrogens with one attached hydrogen (secondary N) is 1. The van der Waals surface area contributed by atoms with Crippen molar-refractivity contribution in [3.8, 4) is 0 Å². The van der Waals surface area contributed by atoms with Gasteiger partial charge in [0.15, 0.2) is 23.9 Å². The fourth-order valence-electron chi connectivity index (χ4n) is 4.22. The molecule has 1 amide bonds. The lowest BCUT2D eigenvalue weighted by atomic mass is 10.1. The first-order chi connectivity index (χ1) is 15.5. The molecule has 0 aliphatic carbocycles. The lowest BCUT2D eigenvalue weighted by Gasteiger charge is -2.32. The minimum Gasteiger partial charge on any atom is -0.382 e. The molecular formula is C23H25N8O+. The normalized spacial score (nSPS) is 18.0. The first-order valence-corrected chi connectivity index (χ1v) is 10.6. The van der Waals surface area contributed by atoms with E-state index >= 15 is 0 Å². The molecule has 3 aromatic rings. The zero-order valence-corrected chi connectivity index (χ0v) is 17.9. The van der Waals surface area contributed by atoms with E-state index in [1.54, 1.807) is 6.33 Å². The van der Waals surface area contributed by atoms with Crippen LogP contribution in [-0.2, 0) is 4.79 Å². The number of anilines is 3. The Morgan fingerprint density at radius 1 is 1.31 bits per heavy atom. The Bertz CT molecular complexity index is 1270. The molecule has 2 aliphatic heterocycles. The van der Waals surface area contributed by atoms with E-state index in [4.69, 9.17) is 10.7 Å². The Labute approximate surface area is 185 Å². The number of likely N-dealkylation sites (tertiary alicyclic amines) is 1. The monoisotopic (exact) mass is 429 g/mol. The molecule has 0 bridgehead atoms. The number of allylic oxidation sites excluding steroid dienone is 1. The van der Waals surface area contributed by atoms with E-state index in [1.807, 2.05) is 33.2 Å². The van der Waals surface area contributed by atoms with Gasteiger partial charge in [0.2, 0.25) is 11.9 Å². The second-order valence-electron chi connectivity index (χ2n) is 8.12. The van der Waals surface area contributed by atoms with Crippen molar-refractivity contribution in [3.05, 3.63) is 55.0 Å². The van der Waals surface area contributed by atoms with Crippen LogP contribution in [0.4, 0.5) is 17.5 Å². The second kappa shape index (κ2) is 7.92. The third-order valence-electron chi connectivity index (χ3n) is 5.88. The Morgan fingerprint density at radius 3 is 2.81 bits per heavy atom. The summed E-state index contributed by atoms with van der Waals surface area (Å²) < 4.78 is 4.02. The molecule has 32 heavy (non-hydrogen) atoms. The molecule has 9 nitrogen and oxygen atoms in total. The number of nitrogens with two attached hydrogens (primary N) is 1. The fraction of sp³-hybridized carbons (Fsp3) is 0.261. The molecular weight excluding hydrogens is 404 g/mol. The van der Waals surface area contributed by atoms with Gasteiger partial charge in [-0.3, -0.25) is 4.79 Å². The number of nitrogen functional groups attached to an aromatic ring is 1. The van der Waals surface area contributed by atoms with Crippen LogP contribution >= 0.6 is 0 Å². The first kappa shape index (κ1) is 19.9. The minimum absolute atomic E-state index is 0.0547. The van der Waals surface area contributed by atoms with E-state index in [0.717, 1.165) is 30.6 Å². The van der Waals surface area contributed by atoms with Gasteiger partial charge in [-0.2, -0.15) is 9.97 Å². The summed E-state index contributed by atoms with van der Waals surface area (Å²) in [4.78, 5) is 27.4. The Balaban J connectivity index is 1.40. The van der Waals surface area contributed by atoms with Crippen LogP contribution in [0.2, 0.25) is 0 Å². The predicted octanol–water partition coefficient (Wildman–Crippen LogP) is 2.57. The highest BCUT2D eigenvalue weighted by Gasteiger charge is 2.26. The quantitative estimate of drug-likeness (QED) is 0.477. The van der Waals surface area contributed by atoms with E-state index in [-0.39, 0.29) is 11.9 Å². The number of carbonyl (C=O) groups is 1. The summed E-state index contributed by atoms with van der Waals surface area (Å²) in [5.74, 6) is 0.675. The summed E-state index contributed by atoms with van der Waals surface area (Å²) >= 11 is 0. The number of hydrogen-bond acceptors (Lipinski definition) is 6. The minimum atomic E-state index is -0.0547. The zero-order chi connectivity index (χ0) is 22.2. The van der Waals surface area contributed by atoms with Gasteiger partial charge < -0.3 is 20.5 Å². The lowest BCUT2D eigenvalue weighted by Crippen LogP contribution is -2.39. The number of hydrogen-bond donors (Lipinski definition) is 2. The number of rotatable bonds is 5. The van der Waals surface area contributed by atoms with Crippen molar-refractivity contribution in [2.24, 2.45) is 0 Å². The molecule has 1 aromatic carbocycles. The zero-order valence-electron chi connectivity index (χ0n) is 17.9. The number of amides is 1. The fourth-order valence-corrected chi connectivity index (χ4v) is 4.22. The van der Waals surface area contributed by atoms with Crippen LogP contribution in [0.1, 0.15) is 24.4 Å². The van der Waals surface area contributed by atoms with Crippen LogP contribution in [0.3, 0.4) is 0 Å². The molecule has 1 saturated heterocycles. The highest BCUT2D eigenvalue weighted by Crippen LogP contribution is 2.28. The van der Waals surface area contributed by atoms with Gasteiger partial charge in [0.1, 0.15) is 18.1 Å². The summed E-state index contributed by atoms with van der Waals surface area (Å²) in [5.41, 5.74) is 10.6. The summed E-state index contributed by atoms with van der Waals surface area (Å²) in [7, 11) is 2.00. The maximum Gasteiger partial charge on any atom is 0.246 e. The number of imidazole rings is 1. The van der Waals surface area contributed by atoms with Gasteiger partial charge in [0.05, 0.1) is 12.4 Å². The highest BCUT2D eigenvalue weighted by atomic mass is 16.2. The lowest BCUT2D eigenvalue weighted by molar-refractivity contribution is -0.423. The molecule has 0 radical (unpaired) electrons. The average molecular weight is 430 g/mol. The second-order valence-corrected chi connectivity index (χ2v) is 8.12. The van der Waals surface area contributed by atoms with Crippen LogP contribution in [0, 0.1) is 0 Å². The largest absolute Gasteiger partial charge is 0.382 e. The Hall–Kier alpha value is -4.01. The Morgan fingerprint density at radius 2 is 2.09 bits per heavy atom. The molecule has 1 fully saturated rings. The van der Waals surface area contributed by atoms with Crippen molar-refractivity contribution in [2.45, 2.75) is 18.9 Å². The van der Waals surface area contributed by atoms with Gasteiger partial charge in [-0.25, -0.2) is 9.56 Å². The van der Waals surface area contributed by atoms with Gasteiger partial charge in [-0.15, -0.1) is 0 Å². The van der Waals surface area contributed by atoms with Crippen molar-refractivity contribution in [1.29, 1.82) is 0 Å². The molecule has 1 unspecified atom stereocenters. The molecule has 0 spiro atoms. The van der Waals surface area contributed by atoms with Crippen molar-refractivity contribution in [2.75, 3.05) is 31.2 Å². The van der Waals surface area contributed by atoms with Crippen molar-refractivity contribution >= 4 is 46.3 Å². The van der Waals surface area contributed by atoms with E-state index < -0.39 is 0 Å². The van der Waals surface area contributed by atoms with Gasteiger partial charge in [-0.05, 0) is 36.6 Å². The number of fused-ring (bicyclic) bond motifs is 1. The van der Waals surface area contributed by atoms with E-state index in [2.05, 4.69) is 46.4 Å². The summed E-state index contributed by atoms with van der Waals surface area (Å²) in [5, 5.41) is 3.24. The van der Waals surface area contributed by atoms with Gasteiger partial charge >= 0.3 is 0 Å². The van der Waals surface area contributed by atoms with Crippen LogP contribution in [0.5, 0.6) is 0 Å². The summed E-state index contributed by atoms with van der Waals surface area (Å²) in [6.07, 6.45) is 9.10. The average Bonchev–Trinajstić information content (AvgIpc) is 3.22. The predicted molar refractivity (Wildman–Crippen MR) is 125 cm³/mol. The summed E-state index contributed by atoms with van der Waals surface area (Å²) in [6, 6.07) is 8.16. The van der Waals surface area contributed by atoms with Gasteiger partial charge in [-0.1, -0.05) is 18.7 Å². The number of piperidine rings is 1. The van der Waals surface area contributed by atoms with Crippen LogP contribution in [-0.4, -0.2) is 61.3 Å². The molecule has 0 saturated carbocycles. The molecule has 5 rings (SSSR count). The third kappa shape index (κ3) is 3.62. The van der Waals surface area contributed by atoms with Gasteiger partial charge in [0, 0.05) is 18.8 Å². The van der Waals surface area contributed by atoms with E-state index in [1.165, 1.54) is 11.6 Å². The van der Waals surface area contributed by atoms with Crippen molar-refractivity contribution in [3.63, 3.8) is 0 Å². The smallest absolute Gasteiger partial charge is 0.246 e. The molecule has 4 heterocycles. The van der Waals surface area contributed by atoms with Crippen LogP contribution in [0.25, 0.3) is 16.7 Å². The summed E-state index contributed by atoms with van der Waals surface area (Å²) in [6.45, 7) is 4.93. The third-order valence-corrected chi connectivity index (χ3v) is 5.88. The molecule has 3 N–H and O–H groups in total. The number of carbonyl (C=O) groups excluding carboxylic acids is 1. The molecule has 2 aliphatic rings. The number of nitrogens with zero attached hydrogens (tertiary/aromatic N) is 6. The van der Waals surface area contributed by atoms with Crippen LogP contribution < -0.4 is 11.1 Å². The standard InChI is InChI=1S/C23H25N8O/c1-3-19(32)30-10-4-5-18(13-30)31-14-25-20-21(24)27-23(28-22(20)31)26-17-8-6-15(7-9-17)16-11-29(2)12-16/h3,6-9,11-12,14,18H,1,4-5,10,13H2,2H3,(H3,24,26,27,28)/q+1. The van der Waals surface area contributed by atoms with E-state index in [9.17, 15) is 4.79 Å². The molecule has 2 aromatic heterocycles. The highest BCUT2D eigenvalue weighted by molar-refractivity contribution is 6.10.